The van der Waals surface area contributed by atoms with Crippen molar-refractivity contribution in [3.8, 4) is 0 Å². The number of hydrogen-bond donors (Lipinski definition) is 1. The van der Waals surface area contributed by atoms with Gasteiger partial charge in [-0.1, -0.05) is 6.42 Å². The summed E-state index contributed by atoms with van der Waals surface area (Å²) in [5.74, 6) is -0.249. The van der Waals surface area contributed by atoms with Crippen molar-refractivity contribution in [3.05, 3.63) is 17.5 Å². The van der Waals surface area contributed by atoms with Crippen molar-refractivity contribution in [1.82, 2.24) is 9.78 Å². The van der Waals surface area contributed by atoms with E-state index >= 15 is 0 Å². The molecule has 0 saturated heterocycles. The molecule has 16 heavy (non-hydrogen) atoms. The van der Waals surface area contributed by atoms with Crippen LogP contribution in [0.3, 0.4) is 0 Å². The van der Waals surface area contributed by atoms with Crippen molar-refractivity contribution in [2.75, 3.05) is 0 Å². The summed E-state index contributed by atoms with van der Waals surface area (Å²) in [5.41, 5.74) is 0.930. The molecule has 88 valence electrons. The third-order valence-electron chi connectivity index (χ3n) is 3.61. The van der Waals surface area contributed by atoms with E-state index in [-0.39, 0.29) is 0 Å². The third-order valence-corrected chi connectivity index (χ3v) is 3.61. The third kappa shape index (κ3) is 1.62. The Morgan fingerprint density at radius 1 is 1.56 bits per heavy atom. The van der Waals surface area contributed by atoms with Crippen LogP contribution in [-0.4, -0.2) is 20.9 Å². The molecule has 0 amide bonds. The number of rotatable bonds is 3. The molecule has 1 N–H and O–H groups in total. The van der Waals surface area contributed by atoms with E-state index in [1.165, 1.54) is 25.0 Å². The highest BCUT2D eigenvalue weighted by Crippen LogP contribution is 2.37. The average molecular weight is 222 g/mol. The number of hydrogen-bond acceptors (Lipinski definition) is 2. The summed E-state index contributed by atoms with van der Waals surface area (Å²) < 4.78 is 1.84. The summed E-state index contributed by atoms with van der Waals surface area (Å²) in [5, 5.41) is 13.5. The van der Waals surface area contributed by atoms with E-state index < -0.39 is 11.4 Å². The Kier molecular flexibility index (Phi) is 2.52. The molecule has 0 spiro atoms. The predicted octanol–water partition coefficient (Wildman–Crippen LogP) is 2.05. The molecule has 1 fully saturated rings. The quantitative estimate of drug-likeness (QED) is 0.851. The largest absolute Gasteiger partial charge is 0.481 e. The molecule has 0 atom stereocenters. The molecule has 1 heterocycles. The van der Waals surface area contributed by atoms with Crippen molar-refractivity contribution >= 4 is 5.97 Å². The van der Waals surface area contributed by atoms with Crippen molar-refractivity contribution in [2.45, 2.75) is 44.4 Å². The molecule has 1 aromatic rings. The fourth-order valence-corrected chi connectivity index (χ4v) is 1.98. The molecule has 0 unspecified atom stereocenters. The first-order valence-corrected chi connectivity index (χ1v) is 5.70. The molecule has 0 aromatic carbocycles. The summed E-state index contributed by atoms with van der Waals surface area (Å²) in [6, 6.07) is 1.96. The van der Waals surface area contributed by atoms with Gasteiger partial charge in [-0.2, -0.15) is 5.10 Å². The Labute approximate surface area is 95.3 Å². The SMILES string of the molecule is Cn1nc(C(C)(C)C(=O)O)cc1C1CCC1. The van der Waals surface area contributed by atoms with Gasteiger partial charge in [-0.25, -0.2) is 0 Å². The topological polar surface area (TPSA) is 55.1 Å². The number of carboxylic acid groups (broad SMARTS) is 1. The fourth-order valence-electron chi connectivity index (χ4n) is 1.98. The minimum atomic E-state index is -0.903. The Morgan fingerprint density at radius 3 is 2.62 bits per heavy atom. The second-order valence-corrected chi connectivity index (χ2v) is 5.14. The molecule has 4 heteroatoms. The normalized spacial score (nSPS) is 17.2. The van der Waals surface area contributed by atoms with Crippen LogP contribution in [-0.2, 0) is 17.3 Å². The zero-order valence-electron chi connectivity index (χ0n) is 10.0. The van der Waals surface area contributed by atoms with E-state index in [1.54, 1.807) is 13.8 Å². The van der Waals surface area contributed by atoms with Crippen molar-refractivity contribution in [1.29, 1.82) is 0 Å². The summed E-state index contributed by atoms with van der Waals surface area (Å²) in [6.45, 7) is 3.39. The van der Waals surface area contributed by atoms with Gasteiger partial charge >= 0.3 is 5.97 Å². The van der Waals surface area contributed by atoms with E-state index in [0.29, 0.717) is 11.6 Å². The lowest BCUT2D eigenvalue weighted by molar-refractivity contribution is -0.142. The van der Waals surface area contributed by atoms with Crippen LogP contribution >= 0.6 is 0 Å². The highest BCUT2D eigenvalue weighted by molar-refractivity contribution is 5.79. The Morgan fingerprint density at radius 2 is 2.19 bits per heavy atom. The zero-order valence-corrected chi connectivity index (χ0v) is 10.0. The van der Waals surface area contributed by atoms with Crippen LogP contribution in [0, 0.1) is 0 Å². The first-order chi connectivity index (χ1) is 7.43. The number of aromatic nitrogens is 2. The summed E-state index contributed by atoms with van der Waals surface area (Å²) in [4.78, 5) is 11.1. The molecule has 1 aliphatic rings. The average Bonchev–Trinajstić information content (AvgIpc) is 2.45. The van der Waals surface area contributed by atoms with Crippen molar-refractivity contribution < 1.29 is 9.90 Å². The van der Waals surface area contributed by atoms with Crippen LogP contribution in [0.5, 0.6) is 0 Å². The molecule has 0 bridgehead atoms. The number of aliphatic carboxylic acids is 1. The second kappa shape index (κ2) is 3.61. The minimum absolute atomic E-state index is 0.579. The highest BCUT2D eigenvalue weighted by atomic mass is 16.4. The van der Waals surface area contributed by atoms with Crippen molar-refractivity contribution in [2.24, 2.45) is 7.05 Å². The van der Waals surface area contributed by atoms with E-state index in [0.717, 1.165) is 0 Å². The number of carboxylic acids is 1. The molecule has 1 aliphatic carbocycles. The van der Waals surface area contributed by atoms with Gasteiger partial charge in [0.25, 0.3) is 0 Å². The predicted molar refractivity (Wildman–Crippen MR) is 60.5 cm³/mol. The fraction of sp³-hybridized carbons (Fsp3) is 0.667. The maximum absolute atomic E-state index is 11.1. The maximum atomic E-state index is 11.1. The number of carbonyl (C=O) groups is 1. The van der Waals surface area contributed by atoms with Crippen LogP contribution in [0.1, 0.15) is 50.4 Å². The summed E-state index contributed by atoms with van der Waals surface area (Å²) >= 11 is 0. The smallest absolute Gasteiger partial charge is 0.315 e. The minimum Gasteiger partial charge on any atom is -0.481 e. The lowest BCUT2D eigenvalue weighted by atomic mass is 9.81. The van der Waals surface area contributed by atoms with E-state index in [1.807, 2.05) is 17.8 Å². The standard InChI is InChI=1S/C12H18N2O2/c1-12(2,11(15)16)10-7-9(14(3)13-10)8-5-4-6-8/h7-8H,4-6H2,1-3H3,(H,15,16). The van der Waals surface area contributed by atoms with Gasteiger partial charge in [0, 0.05) is 18.7 Å². The molecule has 1 aromatic heterocycles. The molecule has 2 rings (SSSR count). The molecule has 1 saturated carbocycles. The highest BCUT2D eigenvalue weighted by Gasteiger charge is 2.34. The van der Waals surface area contributed by atoms with Gasteiger partial charge in [0.2, 0.25) is 0 Å². The monoisotopic (exact) mass is 222 g/mol. The van der Waals surface area contributed by atoms with Crippen LogP contribution in [0.25, 0.3) is 0 Å². The molecular weight excluding hydrogens is 204 g/mol. The zero-order chi connectivity index (χ0) is 11.9. The lowest BCUT2D eigenvalue weighted by Gasteiger charge is -2.25. The van der Waals surface area contributed by atoms with Gasteiger partial charge in [0.1, 0.15) is 5.41 Å². The first kappa shape index (κ1) is 11.2. The van der Waals surface area contributed by atoms with E-state index in [2.05, 4.69) is 5.10 Å². The maximum Gasteiger partial charge on any atom is 0.315 e. The van der Waals surface area contributed by atoms with Gasteiger partial charge < -0.3 is 5.11 Å². The van der Waals surface area contributed by atoms with Crippen LogP contribution in [0.4, 0.5) is 0 Å². The van der Waals surface area contributed by atoms with E-state index in [9.17, 15) is 4.79 Å². The molecule has 0 aliphatic heterocycles. The van der Waals surface area contributed by atoms with Crippen LogP contribution < -0.4 is 0 Å². The molecule has 0 radical (unpaired) electrons. The molecular formula is C12H18N2O2. The van der Waals surface area contributed by atoms with Gasteiger partial charge in [-0.15, -0.1) is 0 Å². The second-order valence-electron chi connectivity index (χ2n) is 5.14. The Bertz CT molecular complexity index is 417. The summed E-state index contributed by atoms with van der Waals surface area (Å²) in [6.07, 6.45) is 3.67. The van der Waals surface area contributed by atoms with Gasteiger partial charge in [-0.3, -0.25) is 9.48 Å². The molecule has 4 nitrogen and oxygen atoms in total. The Balaban J connectivity index is 2.33. The van der Waals surface area contributed by atoms with Crippen LogP contribution in [0.15, 0.2) is 6.07 Å². The first-order valence-electron chi connectivity index (χ1n) is 5.70. The Hall–Kier alpha value is -1.32. The van der Waals surface area contributed by atoms with Crippen molar-refractivity contribution in [3.63, 3.8) is 0 Å². The number of aryl methyl sites for hydroxylation is 1. The van der Waals surface area contributed by atoms with Crippen LogP contribution in [0.2, 0.25) is 0 Å². The van der Waals surface area contributed by atoms with Gasteiger partial charge in [-0.05, 0) is 32.8 Å². The lowest BCUT2D eigenvalue weighted by Crippen LogP contribution is -2.29. The van der Waals surface area contributed by atoms with E-state index in [4.69, 9.17) is 5.11 Å². The van der Waals surface area contributed by atoms with Gasteiger partial charge in [0.15, 0.2) is 0 Å². The van der Waals surface area contributed by atoms with Gasteiger partial charge in [0.05, 0.1) is 5.69 Å². The summed E-state index contributed by atoms with van der Waals surface area (Å²) in [7, 11) is 1.90. The number of nitrogens with zero attached hydrogens (tertiary/aromatic N) is 2.